The molecule has 28 heavy (non-hydrogen) atoms. The third kappa shape index (κ3) is 79.7. The smallest absolute Gasteiger partial charge is 0.756 e. The zero-order chi connectivity index (χ0) is 20.2. The molecule has 0 radical (unpaired) electrons. The zero-order valence-electron chi connectivity index (χ0n) is 17.4. The molecule has 0 bridgehead atoms. The fourth-order valence-corrected chi connectivity index (χ4v) is 2.07. The van der Waals surface area contributed by atoms with Crippen LogP contribution < -0.4 is 85.8 Å². The Kier molecular flexibility index (Phi) is 49.0. The Morgan fingerprint density at radius 1 is 1.00 bits per heavy atom. The van der Waals surface area contributed by atoms with Crippen molar-refractivity contribution in [1.29, 1.82) is 5.26 Å². The van der Waals surface area contributed by atoms with E-state index in [-0.39, 0.29) is 93.0 Å². The van der Waals surface area contributed by atoms with Gasteiger partial charge in [-0.3, -0.25) is 8.75 Å². The van der Waals surface area contributed by atoms with E-state index in [0.717, 1.165) is 12.8 Å². The number of hydrogen-bond donors (Lipinski definition) is 2. The van der Waals surface area contributed by atoms with E-state index in [0.29, 0.717) is 6.42 Å². The Balaban J connectivity index is -0.0000000940. The molecule has 10 nitrogen and oxygen atoms in total. The summed E-state index contributed by atoms with van der Waals surface area (Å²) in [4.78, 5) is 22.9. The van der Waals surface area contributed by atoms with Crippen molar-refractivity contribution < 1.29 is 123 Å². The van der Waals surface area contributed by atoms with E-state index in [1.165, 1.54) is 51.9 Å². The van der Waals surface area contributed by atoms with Gasteiger partial charge in [-0.1, -0.05) is 64.7 Å². The first-order valence-corrected chi connectivity index (χ1v) is 11.0. The molecule has 0 unspecified atom stereocenters. The minimum absolute atomic E-state index is 0. The van der Waals surface area contributed by atoms with Crippen LogP contribution in [-0.2, 0) is 19.1 Å². The van der Waals surface area contributed by atoms with Crippen molar-refractivity contribution in [2.24, 2.45) is 0 Å². The van der Waals surface area contributed by atoms with Crippen LogP contribution in [0.15, 0.2) is 0 Å². The van der Waals surface area contributed by atoms with Crippen molar-refractivity contribution in [3.8, 4) is 6.07 Å². The summed E-state index contributed by atoms with van der Waals surface area (Å²) in [5.74, 6) is 0. The molecule has 0 atom stereocenters. The second-order valence-corrected chi connectivity index (χ2v) is 7.16. The van der Waals surface area contributed by atoms with Gasteiger partial charge >= 0.3 is 80.9 Å². The molecule has 0 spiro atoms. The van der Waals surface area contributed by atoms with Crippen molar-refractivity contribution in [1.82, 2.24) is 0 Å². The summed E-state index contributed by atoms with van der Waals surface area (Å²) < 4.78 is 43.2. The van der Waals surface area contributed by atoms with Crippen LogP contribution in [0.3, 0.4) is 0 Å². The summed E-state index contributed by atoms with van der Waals surface area (Å²) in [5.41, 5.74) is 0. The van der Waals surface area contributed by atoms with Gasteiger partial charge in [0, 0.05) is 6.92 Å². The van der Waals surface area contributed by atoms with Gasteiger partial charge in [0.2, 0.25) is 10.4 Å². The molecule has 160 valence electrons. The van der Waals surface area contributed by atoms with Crippen molar-refractivity contribution in [3.63, 3.8) is 0 Å². The maximum atomic E-state index is 10.1. The van der Waals surface area contributed by atoms with Crippen LogP contribution in [0.25, 0.3) is 0 Å². The third-order valence-corrected chi connectivity index (χ3v) is 3.18. The van der Waals surface area contributed by atoms with E-state index in [1.807, 2.05) is 0 Å². The Bertz CT molecular complexity index is 464. The van der Waals surface area contributed by atoms with Crippen LogP contribution in [0.2, 0.25) is 0 Å². The number of unbranched alkanes of at least 4 members (excludes halogenated alkanes) is 9. The Morgan fingerprint density at radius 3 is 1.50 bits per heavy atom. The average molecular weight is 484 g/mol. The quantitative estimate of drug-likeness (QED) is 0.0902. The maximum Gasteiger partial charge on any atom is 1.00 e. The van der Waals surface area contributed by atoms with Crippen LogP contribution in [0.5, 0.6) is 0 Å². The molecule has 0 fully saturated rings. The molecule has 0 saturated carbocycles. The molecular weight excluding hydrogens is 451 g/mol. The molecule has 0 saturated heterocycles. The number of nitriles is 1. The molecule has 0 aromatic carbocycles. The van der Waals surface area contributed by atoms with Gasteiger partial charge in [0.25, 0.3) is 7.82 Å². The molecule has 0 aliphatic carbocycles. The predicted molar refractivity (Wildman–Crippen MR) is 94.4 cm³/mol. The minimum Gasteiger partial charge on any atom is -0.756 e. The standard InChI is InChI=1S/C12H26O4S.C2H3N.K.Na.H3O4P.H2O/c1-2-3-4-5-6-7-8-9-10-11-12-16-17(13,14)15;1-2-3;;;1-5(2,3)4;/h2-12H2,1H3,(H,13,14,15);1H3;;;(H3,1,2,3,4);1H2/q;;2*+1;;/p-2. The first-order chi connectivity index (χ1) is 11.5. The van der Waals surface area contributed by atoms with Crippen molar-refractivity contribution in [2.75, 3.05) is 6.61 Å². The third-order valence-electron chi connectivity index (χ3n) is 2.73. The van der Waals surface area contributed by atoms with Gasteiger partial charge in [-0.25, -0.2) is 8.42 Å². The van der Waals surface area contributed by atoms with Gasteiger partial charge in [-0.2, -0.15) is 5.26 Å². The first-order valence-electron chi connectivity index (χ1n) is 8.15. The predicted octanol–water partition coefficient (Wildman–Crippen LogP) is -4.46. The van der Waals surface area contributed by atoms with E-state index >= 15 is 0 Å². The molecule has 0 rings (SSSR count). The molecule has 0 aromatic rings. The normalized spacial score (nSPS) is 9.61. The average Bonchev–Trinajstić information content (AvgIpc) is 2.43. The van der Waals surface area contributed by atoms with Crippen LogP contribution in [0, 0.1) is 11.3 Å². The molecule has 0 aliphatic rings. The SMILES string of the molecule is CC#N.CCCCCCCCCCCCOS(=O)(=O)[O-].O.O=P([O-])(O)O.[K+].[Na+]. The van der Waals surface area contributed by atoms with Crippen LogP contribution >= 0.6 is 7.82 Å². The second kappa shape index (κ2) is 31.3. The van der Waals surface area contributed by atoms with Gasteiger partial charge in [0.15, 0.2) is 0 Å². The van der Waals surface area contributed by atoms with Crippen molar-refractivity contribution in [2.45, 2.75) is 78.1 Å². The Labute approximate surface area is 234 Å². The van der Waals surface area contributed by atoms with E-state index in [9.17, 15) is 13.0 Å². The summed E-state index contributed by atoms with van der Waals surface area (Å²) >= 11 is 0. The van der Waals surface area contributed by atoms with E-state index < -0.39 is 18.2 Å². The summed E-state index contributed by atoms with van der Waals surface area (Å²) in [6, 6.07) is 1.75. The zero-order valence-corrected chi connectivity index (χ0v) is 24.3. The molecule has 0 amide bonds. The first kappa shape index (κ1) is 43.9. The van der Waals surface area contributed by atoms with Crippen LogP contribution in [-0.4, -0.2) is 34.8 Å². The van der Waals surface area contributed by atoms with Crippen molar-refractivity contribution >= 4 is 18.2 Å². The topological polar surface area (TPSA) is 202 Å². The maximum absolute atomic E-state index is 10.1. The van der Waals surface area contributed by atoms with E-state index in [1.54, 1.807) is 6.07 Å². The van der Waals surface area contributed by atoms with Crippen LogP contribution in [0.4, 0.5) is 0 Å². The van der Waals surface area contributed by atoms with Gasteiger partial charge in [-0.05, 0) is 6.42 Å². The number of nitrogens with zero attached hydrogens (tertiary/aromatic N) is 1. The van der Waals surface area contributed by atoms with E-state index in [2.05, 4.69) is 11.1 Å². The molecule has 0 aromatic heterocycles. The van der Waals surface area contributed by atoms with Gasteiger partial charge in [0.05, 0.1) is 12.7 Å². The molecule has 14 heteroatoms. The monoisotopic (exact) mass is 483 g/mol. The molecule has 0 aliphatic heterocycles. The number of rotatable bonds is 12. The Morgan fingerprint density at radius 2 is 1.25 bits per heavy atom. The summed E-state index contributed by atoms with van der Waals surface area (Å²) in [6.07, 6.45) is 11.7. The second-order valence-electron chi connectivity index (χ2n) is 5.13. The van der Waals surface area contributed by atoms with Crippen molar-refractivity contribution in [3.05, 3.63) is 0 Å². The summed E-state index contributed by atoms with van der Waals surface area (Å²) in [5, 5.41) is 7.32. The van der Waals surface area contributed by atoms with Gasteiger partial charge in [0.1, 0.15) is 0 Å². The van der Waals surface area contributed by atoms with Crippen LogP contribution in [0.1, 0.15) is 78.1 Å². The molecular formula is C14H32KNNaO9PS. The summed E-state index contributed by atoms with van der Waals surface area (Å²) in [6.45, 7) is 3.67. The fraction of sp³-hybridized carbons (Fsp3) is 0.929. The van der Waals surface area contributed by atoms with Gasteiger partial charge in [-0.15, -0.1) is 0 Å². The molecule has 0 heterocycles. The molecule has 4 N–H and O–H groups in total. The fourth-order valence-electron chi connectivity index (χ4n) is 1.75. The minimum atomic E-state index is -4.89. The van der Waals surface area contributed by atoms with Gasteiger partial charge < -0.3 is 24.7 Å². The Hall–Kier alpha value is 2.07. The summed E-state index contributed by atoms with van der Waals surface area (Å²) in [7, 11) is -9.37. The number of phosphoric acid groups is 1. The largest absolute Gasteiger partial charge is 1.00 e. The van der Waals surface area contributed by atoms with E-state index in [4.69, 9.17) is 24.5 Å². The number of hydrogen-bond acceptors (Lipinski definition) is 7.